The van der Waals surface area contributed by atoms with Crippen molar-refractivity contribution in [2.24, 2.45) is 5.41 Å². The molecule has 3 heteroatoms. The SMILES string of the molecule is CCCN(C)CC1(COI)CC1. The molecule has 0 bridgehead atoms. The van der Waals surface area contributed by atoms with Gasteiger partial charge in [-0.05, 0) is 32.9 Å². The third kappa shape index (κ3) is 3.18. The summed E-state index contributed by atoms with van der Waals surface area (Å²) >= 11 is 2.00. The molecular formula is C9H18INO. The molecule has 0 aliphatic heterocycles. The third-order valence-corrected chi connectivity index (χ3v) is 2.84. The fourth-order valence-electron chi connectivity index (χ4n) is 1.67. The fourth-order valence-corrected chi connectivity index (χ4v) is 2.33. The van der Waals surface area contributed by atoms with Crippen LogP contribution in [0.5, 0.6) is 0 Å². The molecule has 0 N–H and O–H groups in total. The average Bonchev–Trinajstić information content (AvgIpc) is 2.70. The number of hydrogen-bond donors (Lipinski definition) is 0. The van der Waals surface area contributed by atoms with Gasteiger partial charge in [0.1, 0.15) is 23.0 Å². The highest BCUT2D eigenvalue weighted by molar-refractivity contribution is 14.1. The summed E-state index contributed by atoms with van der Waals surface area (Å²) in [5.74, 6) is 0. The molecule has 2 nitrogen and oxygen atoms in total. The van der Waals surface area contributed by atoms with Crippen LogP contribution in [0.1, 0.15) is 26.2 Å². The lowest BCUT2D eigenvalue weighted by molar-refractivity contribution is 0.211. The van der Waals surface area contributed by atoms with Gasteiger partial charge in [0.2, 0.25) is 0 Å². The first-order valence-corrected chi connectivity index (χ1v) is 5.52. The molecule has 1 saturated carbocycles. The van der Waals surface area contributed by atoms with E-state index in [0.717, 1.165) is 6.61 Å². The second-order valence-electron chi connectivity index (χ2n) is 3.99. The summed E-state index contributed by atoms with van der Waals surface area (Å²) in [6.45, 7) is 5.58. The Kier molecular flexibility index (Phi) is 4.26. The Morgan fingerprint density at radius 3 is 2.58 bits per heavy atom. The Morgan fingerprint density at radius 2 is 2.17 bits per heavy atom. The monoisotopic (exact) mass is 283 g/mol. The van der Waals surface area contributed by atoms with Crippen molar-refractivity contribution >= 4 is 23.0 Å². The summed E-state index contributed by atoms with van der Waals surface area (Å²) in [6.07, 6.45) is 3.95. The highest BCUT2D eigenvalue weighted by Crippen LogP contribution is 2.46. The molecular weight excluding hydrogens is 265 g/mol. The van der Waals surface area contributed by atoms with Gasteiger partial charge in [0.25, 0.3) is 0 Å². The van der Waals surface area contributed by atoms with E-state index < -0.39 is 0 Å². The molecule has 0 aromatic rings. The van der Waals surface area contributed by atoms with Crippen molar-refractivity contribution < 1.29 is 3.07 Å². The van der Waals surface area contributed by atoms with E-state index in [2.05, 4.69) is 18.9 Å². The van der Waals surface area contributed by atoms with Crippen LogP contribution in [0.25, 0.3) is 0 Å². The minimum absolute atomic E-state index is 0.519. The molecule has 72 valence electrons. The fraction of sp³-hybridized carbons (Fsp3) is 1.00. The van der Waals surface area contributed by atoms with Gasteiger partial charge in [-0.3, -0.25) is 0 Å². The molecule has 1 aliphatic rings. The second-order valence-corrected chi connectivity index (χ2v) is 4.61. The molecule has 0 aromatic heterocycles. The van der Waals surface area contributed by atoms with Crippen LogP contribution in [0.3, 0.4) is 0 Å². The van der Waals surface area contributed by atoms with Gasteiger partial charge in [0.05, 0.1) is 6.61 Å². The van der Waals surface area contributed by atoms with Gasteiger partial charge in [0.15, 0.2) is 0 Å². The van der Waals surface area contributed by atoms with Crippen molar-refractivity contribution in [3.8, 4) is 0 Å². The van der Waals surface area contributed by atoms with E-state index >= 15 is 0 Å². The maximum Gasteiger partial charge on any atom is 0.109 e. The molecule has 0 atom stereocenters. The molecule has 0 spiro atoms. The second kappa shape index (κ2) is 4.77. The van der Waals surface area contributed by atoms with Gasteiger partial charge in [-0.25, -0.2) is 0 Å². The van der Waals surface area contributed by atoms with Crippen molar-refractivity contribution in [1.82, 2.24) is 4.90 Å². The molecule has 0 radical (unpaired) electrons. The zero-order valence-corrected chi connectivity index (χ0v) is 10.1. The molecule has 1 aliphatic carbocycles. The molecule has 1 rings (SSSR count). The minimum Gasteiger partial charge on any atom is -0.315 e. The van der Waals surface area contributed by atoms with E-state index in [1.54, 1.807) is 0 Å². The van der Waals surface area contributed by atoms with E-state index in [1.807, 2.05) is 23.0 Å². The zero-order valence-electron chi connectivity index (χ0n) is 7.98. The van der Waals surface area contributed by atoms with Gasteiger partial charge in [-0.15, -0.1) is 0 Å². The predicted octanol–water partition coefficient (Wildman–Crippen LogP) is 2.48. The molecule has 0 saturated heterocycles. The van der Waals surface area contributed by atoms with Crippen LogP contribution >= 0.6 is 23.0 Å². The number of hydrogen-bond acceptors (Lipinski definition) is 2. The molecule has 0 aromatic carbocycles. The summed E-state index contributed by atoms with van der Waals surface area (Å²) in [7, 11) is 2.21. The van der Waals surface area contributed by atoms with E-state index in [1.165, 1.54) is 32.4 Å². The van der Waals surface area contributed by atoms with Crippen molar-refractivity contribution in [2.45, 2.75) is 26.2 Å². The van der Waals surface area contributed by atoms with E-state index in [4.69, 9.17) is 3.07 Å². The summed E-state index contributed by atoms with van der Waals surface area (Å²) in [4.78, 5) is 2.42. The molecule has 12 heavy (non-hydrogen) atoms. The first-order chi connectivity index (χ1) is 5.72. The Morgan fingerprint density at radius 1 is 1.50 bits per heavy atom. The van der Waals surface area contributed by atoms with Crippen LogP contribution in [0.4, 0.5) is 0 Å². The Labute approximate surface area is 89.3 Å². The van der Waals surface area contributed by atoms with Crippen LogP contribution in [0.15, 0.2) is 0 Å². The minimum atomic E-state index is 0.519. The van der Waals surface area contributed by atoms with Crippen molar-refractivity contribution in [3.05, 3.63) is 0 Å². The summed E-state index contributed by atoms with van der Waals surface area (Å²) in [6, 6.07) is 0. The summed E-state index contributed by atoms with van der Waals surface area (Å²) < 4.78 is 5.19. The lowest BCUT2D eigenvalue weighted by atomic mass is 10.1. The molecule has 0 amide bonds. The van der Waals surface area contributed by atoms with Gasteiger partial charge >= 0.3 is 0 Å². The Bertz CT molecular complexity index is 136. The maximum atomic E-state index is 5.19. The standard InChI is InChI=1S/C9H18INO/c1-3-6-11(2)7-9(4-5-9)8-12-10/h3-8H2,1-2H3. The zero-order chi connectivity index (χ0) is 9.03. The largest absolute Gasteiger partial charge is 0.315 e. The maximum absolute atomic E-state index is 5.19. The van der Waals surface area contributed by atoms with Gasteiger partial charge in [0, 0.05) is 12.0 Å². The number of rotatable bonds is 6. The number of nitrogens with zero attached hydrogens (tertiary/aromatic N) is 1. The smallest absolute Gasteiger partial charge is 0.109 e. The van der Waals surface area contributed by atoms with Crippen molar-refractivity contribution in [3.63, 3.8) is 0 Å². The highest BCUT2D eigenvalue weighted by Gasteiger charge is 2.43. The van der Waals surface area contributed by atoms with E-state index in [9.17, 15) is 0 Å². The van der Waals surface area contributed by atoms with Gasteiger partial charge < -0.3 is 7.97 Å². The first-order valence-electron chi connectivity index (χ1n) is 4.64. The van der Waals surface area contributed by atoms with Gasteiger partial charge in [-0.2, -0.15) is 0 Å². The van der Waals surface area contributed by atoms with Crippen LogP contribution in [0.2, 0.25) is 0 Å². The normalized spacial score (nSPS) is 20.0. The molecule has 0 unspecified atom stereocenters. The van der Waals surface area contributed by atoms with Crippen LogP contribution in [-0.2, 0) is 3.07 Å². The average molecular weight is 283 g/mol. The quantitative estimate of drug-likeness (QED) is 0.694. The van der Waals surface area contributed by atoms with Crippen molar-refractivity contribution in [2.75, 3.05) is 26.7 Å². The molecule has 1 fully saturated rings. The van der Waals surface area contributed by atoms with Gasteiger partial charge in [-0.1, -0.05) is 6.92 Å². The summed E-state index contributed by atoms with van der Waals surface area (Å²) in [5, 5.41) is 0. The topological polar surface area (TPSA) is 12.5 Å². The van der Waals surface area contributed by atoms with E-state index in [0.29, 0.717) is 5.41 Å². The van der Waals surface area contributed by atoms with Crippen molar-refractivity contribution in [1.29, 1.82) is 0 Å². The Balaban J connectivity index is 2.20. The van der Waals surface area contributed by atoms with E-state index in [-0.39, 0.29) is 0 Å². The van der Waals surface area contributed by atoms with Crippen LogP contribution in [-0.4, -0.2) is 31.6 Å². The first kappa shape index (κ1) is 10.7. The highest BCUT2D eigenvalue weighted by atomic mass is 127. The lowest BCUT2D eigenvalue weighted by Crippen LogP contribution is -2.29. The number of halogens is 1. The van der Waals surface area contributed by atoms with Crippen LogP contribution < -0.4 is 0 Å². The molecule has 0 heterocycles. The summed E-state index contributed by atoms with van der Waals surface area (Å²) in [5.41, 5.74) is 0.519. The Hall–Kier alpha value is 0.650. The van der Waals surface area contributed by atoms with Crippen LogP contribution in [0, 0.1) is 5.41 Å². The predicted molar refractivity (Wildman–Crippen MR) is 59.4 cm³/mol. The third-order valence-electron chi connectivity index (χ3n) is 2.53. The lowest BCUT2D eigenvalue weighted by Gasteiger charge is -2.21.